The minimum atomic E-state index is 0.204. The SMILES string of the molecule is COCCc1ccc2c(c1)C(NOC)CCCO2. The number of ether oxygens (including phenoxy) is 2. The van der Waals surface area contributed by atoms with E-state index in [1.807, 2.05) is 0 Å². The highest BCUT2D eigenvalue weighted by Crippen LogP contribution is 2.32. The maximum atomic E-state index is 5.76. The van der Waals surface area contributed by atoms with Gasteiger partial charge in [-0.15, -0.1) is 0 Å². The van der Waals surface area contributed by atoms with Crippen LogP contribution in [0.15, 0.2) is 18.2 Å². The van der Waals surface area contributed by atoms with E-state index in [1.54, 1.807) is 14.2 Å². The molecule has 0 radical (unpaired) electrons. The molecule has 0 aliphatic carbocycles. The quantitative estimate of drug-likeness (QED) is 0.815. The van der Waals surface area contributed by atoms with E-state index in [-0.39, 0.29) is 6.04 Å². The van der Waals surface area contributed by atoms with E-state index in [0.29, 0.717) is 0 Å². The second kappa shape index (κ2) is 6.73. The molecule has 1 aromatic carbocycles. The molecule has 18 heavy (non-hydrogen) atoms. The zero-order valence-corrected chi connectivity index (χ0v) is 11.1. The predicted octanol–water partition coefficient (Wildman–Crippen LogP) is 2.24. The van der Waals surface area contributed by atoms with Gasteiger partial charge < -0.3 is 14.3 Å². The van der Waals surface area contributed by atoms with Gasteiger partial charge in [0.15, 0.2) is 0 Å². The largest absolute Gasteiger partial charge is 0.493 e. The highest BCUT2D eigenvalue weighted by molar-refractivity contribution is 5.40. The normalized spacial score (nSPS) is 18.9. The second-order valence-corrected chi connectivity index (χ2v) is 4.48. The van der Waals surface area contributed by atoms with E-state index >= 15 is 0 Å². The van der Waals surface area contributed by atoms with Gasteiger partial charge >= 0.3 is 0 Å². The maximum absolute atomic E-state index is 5.76. The van der Waals surface area contributed by atoms with Crippen molar-refractivity contribution in [3.05, 3.63) is 29.3 Å². The van der Waals surface area contributed by atoms with Gasteiger partial charge in [0, 0.05) is 12.7 Å². The molecular formula is C14H21NO3. The topological polar surface area (TPSA) is 39.7 Å². The molecule has 0 amide bonds. The molecule has 0 aromatic heterocycles. The van der Waals surface area contributed by atoms with Gasteiger partial charge in [0.05, 0.1) is 26.4 Å². The molecule has 1 N–H and O–H groups in total. The molecule has 1 aliphatic heterocycles. The van der Waals surface area contributed by atoms with Gasteiger partial charge in [0.2, 0.25) is 0 Å². The first kappa shape index (κ1) is 13.3. The van der Waals surface area contributed by atoms with E-state index in [0.717, 1.165) is 38.2 Å². The summed E-state index contributed by atoms with van der Waals surface area (Å²) in [6, 6.07) is 6.55. The Bertz CT molecular complexity index is 381. The zero-order chi connectivity index (χ0) is 12.8. The number of fused-ring (bicyclic) bond motifs is 1. The van der Waals surface area contributed by atoms with E-state index in [4.69, 9.17) is 14.3 Å². The smallest absolute Gasteiger partial charge is 0.124 e. The Kier molecular flexibility index (Phi) is 4.99. The molecule has 0 fully saturated rings. The van der Waals surface area contributed by atoms with Crippen molar-refractivity contribution in [1.29, 1.82) is 0 Å². The van der Waals surface area contributed by atoms with Crippen LogP contribution in [-0.4, -0.2) is 27.4 Å². The van der Waals surface area contributed by atoms with Crippen LogP contribution in [0.4, 0.5) is 0 Å². The summed E-state index contributed by atoms with van der Waals surface area (Å²) in [7, 11) is 3.38. The molecule has 1 aliphatic rings. The Hall–Kier alpha value is -1.10. The van der Waals surface area contributed by atoms with Gasteiger partial charge in [-0.25, -0.2) is 0 Å². The Morgan fingerprint density at radius 2 is 2.28 bits per heavy atom. The summed E-state index contributed by atoms with van der Waals surface area (Å²) >= 11 is 0. The van der Waals surface area contributed by atoms with Crippen LogP contribution in [0.1, 0.15) is 30.0 Å². The van der Waals surface area contributed by atoms with Crippen LogP contribution < -0.4 is 10.2 Å². The number of benzene rings is 1. The highest BCUT2D eigenvalue weighted by Gasteiger charge is 2.19. The van der Waals surface area contributed by atoms with Gasteiger partial charge in [0.1, 0.15) is 5.75 Å². The van der Waals surface area contributed by atoms with Crippen molar-refractivity contribution in [3.63, 3.8) is 0 Å². The summed E-state index contributed by atoms with van der Waals surface area (Å²) < 4.78 is 10.9. The van der Waals surface area contributed by atoms with Crippen LogP contribution >= 0.6 is 0 Å². The molecule has 0 saturated heterocycles. The summed E-state index contributed by atoms with van der Waals surface area (Å²) in [5.74, 6) is 0.961. The monoisotopic (exact) mass is 251 g/mol. The van der Waals surface area contributed by atoms with E-state index < -0.39 is 0 Å². The lowest BCUT2D eigenvalue weighted by Crippen LogP contribution is -2.19. The fourth-order valence-electron chi connectivity index (χ4n) is 2.27. The molecule has 1 atom stereocenters. The van der Waals surface area contributed by atoms with Gasteiger partial charge in [-0.3, -0.25) is 0 Å². The minimum absolute atomic E-state index is 0.204. The van der Waals surface area contributed by atoms with Gasteiger partial charge in [-0.1, -0.05) is 12.1 Å². The number of nitrogens with one attached hydrogen (secondary N) is 1. The first-order chi connectivity index (χ1) is 8.85. The van der Waals surface area contributed by atoms with Gasteiger partial charge in [-0.05, 0) is 30.9 Å². The molecular weight excluding hydrogens is 230 g/mol. The van der Waals surface area contributed by atoms with Crippen molar-refractivity contribution in [3.8, 4) is 5.75 Å². The number of hydrogen-bond acceptors (Lipinski definition) is 4. The Labute approximate surface area is 108 Å². The average molecular weight is 251 g/mol. The summed E-state index contributed by atoms with van der Waals surface area (Å²) in [4.78, 5) is 5.08. The van der Waals surface area contributed by atoms with E-state index in [1.165, 1.54) is 11.1 Å². The lowest BCUT2D eigenvalue weighted by Gasteiger charge is -2.17. The molecule has 0 saturated carbocycles. The second-order valence-electron chi connectivity index (χ2n) is 4.48. The first-order valence-corrected chi connectivity index (χ1v) is 6.38. The summed E-state index contributed by atoms with van der Waals surface area (Å²) in [6.07, 6.45) is 2.97. The fraction of sp³-hybridized carbons (Fsp3) is 0.571. The molecule has 1 heterocycles. The molecule has 1 aromatic rings. The van der Waals surface area contributed by atoms with Gasteiger partial charge in [-0.2, -0.15) is 5.48 Å². The Morgan fingerprint density at radius 1 is 1.39 bits per heavy atom. The van der Waals surface area contributed by atoms with Crippen molar-refractivity contribution in [2.24, 2.45) is 0 Å². The summed E-state index contributed by atoms with van der Waals surface area (Å²) in [6.45, 7) is 1.51. The molecule has 1 unspecified atom stereocenters. The fourth-order valence-corrected chi connectivity index (χ4v) is 2.27. The molecule has 0 bridgehead atoms. The third kappa shape index (κ3) is 3.22. The van der Waals surface area contributed by atoms with Crippen LogP contribution in [0.25, 0.3) is 0 Å². The average Bonchev–Trinajstić information content (AvgIpc) is 2.59. The lowest BCUT2D eigenvalue weighted by molar-refractivity contribution is 0.0579. The van der Waals surface area contributed by atoms with Crippen molar-refractivity contribution in [1.82, 2.24) is 5.48 Å². The summed E-state index contributed by atoms with van der Waals surface area (Å²) in [5, 5.41) is 0. The molecule has 2 rings (SSSR count). The maximum Gasteiger partial charge on any atom is 0.124 e. The zero-order valence-electron chi connectivity index (χ0n) is 11.1. The Balaban J connectivity index is 2.21. The number of hydroxylamine groups is 1. The first-order valence-electron chi connectivity index (χ1n) is 6.38. The van der Waals surface area contributed by atoms with Crippen LogP contribution in [0.5, 0.6) is 5.75 Å². The van der Waals surface area contributed by atoms with E-state index in [2.05, 4.69) is 23.7 Å². The molecule has 4 heteroatoms. The molecule has 0 spiro atoms. The third-order valence-corrected chi connectivity index (χ3v) is 3.20. The number of hydrogen-bond donors (Lipinski definition) is 1. The van der Waals surface area contributed by atoms with Crippen LogP contribution in [-0.2, 0) is 16.0 Å². The molecule has 100 valence electrons. The molecule has 4 nitrogen and oxygen atoms in total. The summed E-state index contributed by atoms with van der Waals surface area (Å²) in [5.41, 5.74) is 5.50. The Morgan fingerprint density at radius 3 is 3.06 bits per heavy atom. The standard InChI is InChI=1S/C14H21NO3/c1-16-9-7-11-5-6-14-12(10-11)13(15-17-2)4-3-8-18-14/h5-6,10,13,15H,3-4,7-9H2,1-2H3. The van der Waals surface area contributed by atoms with Crippen molar-refractivity contribution >= 4 is 0 Å². The highest BCUT2D eigenvalue weighted by atomic mass is 16.6. The van der Waals surface area contributed by atoms with Crippen molar-refractivity contribution < 1.29 is 14.3 Å². The van der Waals surface area contributed by atoms with E-state index in [9.17, 15) is 0 Å². The van der Waals surface area contributed by atoms with Crippen LogP contribution in [0, 0.1) is 0 Å². The van der Waals surface area contributed by atoms with Gasteiger partial charge in [0.25, 0.3) is 0 Å². The van der Waals surface area contributed by atoms with Crippen LogP contribution in [0.3, 0.4) is 0 Å². The number of rotatable bonds is 5. The minimum Gasteiger partial charge on any atom is -0.493 e. The predicted molar refractivity (Wildman–Crippen MR) is 69.6 cm³/mol. The van der Waals surface area contributed by atoms with Crippen LogP contribution in [0.2, 0.25) is 0 Å². The lowest BCUT2D eigenvalue weighted by atomic mass is 9.99. The van der Waals surface area contributed by atoms with Crippen molar-refractivity contribution in [2.45, 2.75) is 25.3 Å². The third-order valence-electron chi connectivity index (χ3n) is 3.20. The number of methoxy groups -OCH3 is 1. The van der Waals surface area contributed by atoms with Crippen molar-refractivity contribution in [2.75, 3.05) is 27.4 Å².